The zero-order chi connectivity index (χ0) is 15.8. The lowest BCUT2D eigenvalue weighted by Crippen LogP contribution is -1.95. The van der Waals surface area contributed by atoms with Crippen LogP contribution >= 0.6 is 27.5 Å². The molecule has 0 saturated carbocycles. The van der Waals surface area contributed by atoms with Crippen LogP contribution in [0.5, 0.6) is 0 Å². The minimum atomic E-state index is 0.565. The highest BCUT2D eigenvalue weighted by atomic mass is 79.9. The third-order valence-electron chi connectivity index (χ3n) is 3.48. The van der Waals surface area contributed by atoms with Crippen molar-refractivity contribution in [3.8, 4) is 22.6 Å². The Balaban J connectivity index is 1.87. The van der Waals surface area contributed by atoms with Gasteiger partial charge in [-0.25, -0.2) is 4.98 Å². The summed E-state index contributed by atoms with van der Waals surface area (Å²) in [6.07, 6.45) is 1.74. The zero-order valence-electron chi connectivity index (χ0n) is 11.8. The molecule has 0 atom stereocenters. The van der Waals surface area contributed by atoms with Gasteiger partial charge in [0.15, 0.2) is 5.82 Å². The molecule has 0 aliphatic carbocycles. The van der Waals surface area contributed by atoms with Crippen molar-refractivity contribution < 1.29 is 0 Å². The van der Waals surface area contributed by atoms with Crippen molar-refractivity contribution in [2.24, 2.45) is 0 Å². The predicted octanol–water partition coefficient (Wildman–Crippen LogP) is 4.87. The highest BCUT2D eigenvalue weighted by Crippen LogP contribution is 2.24. The predicted molar refractivity (Wildman–Crippen MR) is 94.4 cm³/mol. The summed E-state index contributed by atoms with van der Waals surface area (Å²) in [5.41, 5.74) is 2.89. The van der Waals surface area contributed by atoms with Gasteiger partial charge < -0.3 is 0 Å². The van der Waals surface area contributed by atoms with Crippen molar-refractivity contribution in [2.45, 2.75) is 0 Å². The topological polar surface area (TPSA) is 43.1 Å². The molecular formula is C17H10BrClN4. The molecule has 112 valence electrons. The van der Waals surface area contributed by atoms with E-state index in [1.807, 2.05) is 54.6 Å². The van der Waals surface area contributed by atoms with Crippen molar-refractivity contribution in [1.82, 2.24) is 19.6 Å². The van der Waals surface area contributed by atoms with E-state index < -0.39 is 0 Å². The number of hydrogen-bond acceptors (Lipinski definition) is 3. The standard InChI is InChI=1S/C17H10BrClN4/c18-13-5-1-11(2-6-13)15-9-10-20-17-21-16(22-23(15)17)12-3-7-14(19)8-4-12/h1-10H. The summed E-state index contributed by atoms with van der Waals surface area (Å²) >= 11 is 9.38. The first kappa shape index (κ1) is 14.4. The van der Waals surface area contributed by atoms with Gasteiger partial charge in [-0.3, -0.25) is 0 Å². The van der Waals surface area contributed by atoms with Gasteiger partial charge in [-0.2, -0.15) is 9.50 Å². The van der Waals surface area contributed by atoms with E-state index >= 15 is 0 Å². The van der Waals surface area contributed by atoms with Crippen molar-refractivity contribution >= 4 is 33.3 Å². The second-order valence-electron chi connectivity index (χ2n) is 4.99. The van der Waals surface area contributed by atoms with Gasteiger partial charge in [-0.1, -0.05) is 39.7 Å². The van der Waals surface area contributed by atoms with Crippen molar-refractivity contribution in [3.05, 3.63) is 70.3 Å². The van der Waals surface area contributed by atoms with Gasteiger partial charge in [-0.15, -0.1) is 5.10 Å². The molecule has 0 N–H and O–H groups in total. The van der Waals surface area contributed by atoms with E-state index in [9.17, 15) is 0 Å². The summed E-state index contributed by atoms with van der Waals surface area (Å²) in [5.74, 6) is 1.19. The van der Waals surface area contributed by atoms with Gasteiger partial charge in [-0.05, 0) is 42.5 Å². The Kier molecular flexibility index (Phi) is 3.59. The van der Waals surface area contributed by atoms with Crippen molar-refractivity contribution in [1.29, 1.82) is 0 Å². The van der Waals surface area contributed by atoms with Gasteiger partial charge in [0.2, 0.25) is 0 Å². The number of rotatable bonds is 2. The van der Waals surface area contributed by atoms with E-state index in [0.29, 0.717) is 16.6 Å². The summed E-state index contributed by atoms with van der Waals surface area (Å²) in [4.78, 5) is 8.81. The van der Waals surface area contributed by atoms with Crippen LogP contribution in [0.25, 0.3) is 28.4 Å². The maximum Gasteiger partial charge on any atom is 0.253 e. The third kappa shape index (κ3) is 2.73. The normalized spacial score (nSPS) is 11.0. The molecule has 0 radical (unpaired) electrons. The van der Waals surface area contributed by atoms with Gasteiger partial charge in [0.1, 0.15) is 0 Å². The number of halogens is 2. The molecule has 2 heterocycles. The Labute approximate surface area is 145 Å². The van der Waals surface area contributed by atoms with E-state index in [2.05, 4.69) is 31.0 Å². The monoisotopic (exact) mass is 384 g/mol. The van der Waals surface area contributed by atoms with Crippen LogP contribution in [0.1, 0.15) is 0 Å². The smallest absolute Gasteiger partial charge is 0.220 e. The number of nitrogens with zero attached hydrogens (tertiary/aromatic N) is 4. The molecule has 0 amide bonds. The lowest BCUT2D eigenvalue weighted by molar-refractivity contribution is 0.951. The third-order valence-corrected chi connectivity index (χ3v) is 4.26. The molecule has 0 fully saturated rings. The van der Waals surface area contributed by atoms with Crippen molar-refractivity contribution in [2.75, 3.05) is 0 Å². The number of aromatic nitrogens is 4. The molecule has 4 nitrogen and oxygen atoms in total. The van der Waals surface area contributed by atoms with E-state index in [4.69, 9.17) is 11.6 Å². The Morgan fingerprint density at radius 3 is 2.30 bits per heavy atom. The van der Waals surface area contributed by atoms with Crippen molar-refractivity contribution in [3.63, 3.8) is 0 Å². The van der Waals surface area contributed by atoms with Crippen LogP contribution in [0.3, 0.4) is 0 Å². The van der Waals surface area contributed by atoms with Gasteiger partial charge in [0.05, 0.1) is 5.69 Å². The van der Waals surface area contributed by atoms with Crippen LogP contribution < -0.4 is 0 Å². The SMILES string of the molecule is Clc1ccc(-c2nc3nccc(-c4ccc(Br)cc4)n3n2)cc1. The summed E-state index contributed by atoms with van der Waals surface area (Å²) in [6, 6.07) is 17.4. The minimum absolute atomic E-state index is 0.565. The molecule has 0 aliphatic rings. The molecule has 0 saturated heterocycles. The molecule has 2 aromatic carbocycles. The number of hydrogen-bond donors (Lipinski definition) is 0. The number of benzene rings is 2. The summed E-state index contributed by atoms with van der Waals surface area (Å²) in [7, 11) is 0. The largest absolute Gasteiger partial charge is 0.253 e. The van der Waals surface area contributed by atoms with Crippen LogP contribution in [-0.2, 0) is 0 Å². The zero-order valence-corrected chi connectivity index (χ0v) is 14.2. The molecule has 0 spiro atoms. The molecule has 0 unspecified atom stereocenters. The summed E-state index contributed by atoms with van der Waals surface area (Å²) in [5, 5.41) is 5.29. The van der Waals surface area contributed by atoms with Gasteiger partial charge in [0, 0.05) is 26.8 Å². The minimum Gasteiger partial charge on any atom is -0.220 e. The fourth-order valence-electron chi connectivity index (χ4n) is 2.35. The first-order chi connectivity index (χ1) is 11.2. The summed E-state index contributed by atoms with van der Waals surface area (Å²) in [6.45, 7) is 0. The van der Waals surface area contributed by atoms with Gasteiger partial charge >= 0.3 is 0 Å². The quantitative estimate of drug-likeness (QED) is 0.494. The second-order valence-corrected chi connectivity index (χ2v) is 6.34. The highest BCUT2D eigenvalue weighted by Gasteiger charge is 2.11. The van der Waals surface area contributed by atoms with Gasteiger partial charge in [0.25, 0.3) is 5.78 Å². The first-order valence-corrected chi connectivity index (χ1v) is 8.11. The highest BCUT2D eigenvalue weighted by molar-refractivity contribution is 9.10. The van der Waals surface area contributed by atoms with E-state index in [1.54, 1.807) is 10.7 Å². The molecule has 4 aromatic rings. The summed E-state index contributed by atoms with van der Waals surface area (Å²) < 4.78 is 2.79. The first-order valence-electron chi connectivity index (χ1n) is 6.94. The maximum atomic E-state index is 5.93. The number of fused-ring (bicyclic) bond motifs is 1. The van der Waals surface area contributed by atoms with Crippen LogP contribution in [0.4, 0.5) is 0 Å². The van der Waals surface area contributed by atoms with Crippen LogP contribution in [0.2, 0.25) is 5.02 Å². The molecule has 6 heteroatoms. The second kappa shape index (κ2) is 5.76. The molecule has 2 aromatic heterocycles. The Morgan fingerprint density at radius 2 is 1.57 bits per heavy atom. The fraction of sp³-hybridized carbons (Fsp3) is 0. The lowest BCUT2D eigenvalue weighted by Gasteiger charge is -2.03. The Bertz CT molecular complexity index is 978. The molecule has 0 bridgehead atoms. The van der Waals surface area contributed by atoms with Crippen LogP contribution in [-0.4, -0.2) is 19.6 Å². The molecular weight excluding hydrogens is 376 g/mol. The van der Waals surface area contributed by atoms with E-state index in [-0.39, 0.29) is 0 Å². The average molecular weight is 386 g/mol. The fourth-order valence-corrected chi connectivity index (χ4v) is 2.74. The average Bonchev–Trinajstić information content (AvgIpc) is 3.00. The Hall–Kier alpha value is -2.24. The van der Waals surface area contributed by atoms with E-state index in [0.717, 1.165) is 21.3 Å². The Morgan fingerprint density at radius 1 is 0.870 bits per heavy atom. The molecule has 4 rings (SSSR count). The molecule has 0 aliphatic heterocycles. The van der Waals surface area contributed by atoms with E-state index in [1.165, 1.54) is 0 Å². The molecule has 23 heavy (non-hydrogen) atoms. The maximum absolute atomic E-state index is 5.93. The van der Waals surface area contributed by atoms with Crippen LogP contribution in [0.15, 0.2) is 65.3 Å². The van der Waals surface area contributed by atoms with Crippen LogP contribution in [0, 0.1) is 0 Å². The lowest BCUT2D eigenvalue weighted by atomic mass is 10.1.